The molecule has 0 spiro atoms. The predicted molar refractivity (Wildman–Crippen MR) is 76.7 cm³/mol. The average molecular weight is 347 g/mol. The summed E-state index contributed by atoms with van der Waals surface area (Å²) in [5.74, 6) is 1.83. The van der Waals surface area contributed by atoms with Crippen LogP contribution in [0.2, 0.25) is 5.02 Å². The molecule has 0 amide bonds. The van der Waals surface area contributed by atoms with Gasteiger partial charge in [0.1, 0.15) is 0 Å². The topological polar surface area (TPSA) is 60.2 Å². The minimum absolute atomic E-state index is 0.435. The highest BCUT2D eigenvalue weighted by molar-refractivity contribution is 9.10. The molecule has 7 heteroatoms. The smallest absolute Gasteiger partial charge is 0.223 e. The average Bonchev–Trinajstić information content (AvgIpc) is 2.76. The van der Waals surface area contributed by atoms with Gasteiger partial charge in [0.2, 0.25) is 5.89 Å². The number of aryl methyl sites for hydroxylation is 1. The monoisotopic (exact) mass is 345 g/mol. The first-order chi connectivity index (χ1) is 9.10. The number of hydrogen-bond acceptors (Lipinski definition) is 5. The van der Waals surface area contributed by atoms with Crippen LogP contribution in [0.15, 0.2) is 21.1 Å². The second-order valence-electron chi connectivity index (χ2n) is 3.78. The van der Waals surface area contributed by atoms with E-state index in [1.165, 1.54) is 0 Å². The number of nitrogens with zero attached hydrogens (tertiary/aromatic N) is 2. The Morgan fingerprint density at radius 3 is 2.89 bits per heavy atom. The first-order valence-corrected chi connectivity index (χ1v) is 6.92. The Bertz CT molecular complexity index is 574. The summed E-state index contributed by atoms with van der Waals surface area (Å²) < 4.78 is 11.3. The molecule has 0 fully saturated rings. The van der Waals surface area contributed by atoms with E-state index >= 15 is 0 Å². The number of halogens is 2. The van der Waals surface area contributed by atoms with Crippen LogP contribution < -0.4 is 10.1 Å². The van der Waals surface area contributed by atoms with Gasteiger partial charge in [-0.25, -0.2) is 0 Å². The summed E-state index contributed by atoms with van der Waals surface area (Å²) >= 11 is 9.46. The van der Waals surface area contributed by atoms with E-state index in [9.17, 15) is 0 Å². The van der Waals surface area contributed by atoms with Crippen molar-refractivity contribution < 1.29 is 9.26 Å². The number of nitrogens with one attached hydrogen (secondary N) is 1. The van der Waals surface area contributed by atoms with Gasteiger partial charge in [-0.1, -0.05) is 16.8 Å². The molecule has 1 N–H and O–H groups in total. The lowest BCUT2D eigenvalue weighted by atomic mass is 10.3. The third-order valence-electron chi connectivity index (χ3n) is 2.30. The fourth-order valence-corrected chi connectivity index (χ4v) is 2.49. The normalized spacial score (nSPS) is 10.5. The van der Waals surface area contributed by atoms with Crippen molar-refractivity contribution in [3.05, 3.63) is 33.3 Å². The quantitative estimate of drug-likeness (QED) is 0.892. The Balaban J connectivity index is 2.18. The minimum Gasteiger partial charge on any atom is -0.491 e. The van der Waals surface area contributed by atoms with Crippen molar-refractivity contribution in [1.82, 2.24) is 10.1 Å². The molecule has 0 saturated carbocycles. The molecule has 2 aromatic rings. The first kappa shape index (κ1) is 14.1. The molecule has 1 aromatic carbocycles. The van der Waals surface area contributed by atoms with Crippen LogP contribution in [0.25, 0.3) is 0 Å². The summed E-state index contributed by atoms with van der Waals surface area (Å²) in [6.07, 6.45) is 0. The molecular formula is C12H13BrClN3O2. The van der Waals surface area contributed by atoms with Crippen molar-refractivity contribution in [3.63, 3.8) is 0 Å². The highest BCUT2D eigenvalue weighted by atomic mass is 79.9. The summed E-state index contributed by atoms with van der Waals surface area (Å²) in [7, 11) is 0. The van der Waals surface area contributed by atoms with E-state index in [0.29, 0.717) is 35.6 Å². The standard InChI is InChI=1S/C12H13BrClN3O2/c1-3-18-12-9(13)4-8(14)5-10(12)15-6-11-16-7(2)19-17-11/h4-5,15H,3,6H2,1-2H3. The van der Waals surface area contributed by atoms with Gasteiger partial charge in [-0.05, 0) is 35.0 Å². The number of hydrogen-bond donors (Lipinski definition) is 1. The SMILES string of the molecule is CCOc1c(Br)cc(Cl)cc1NCc1noc(C)n1. The zero-order valence-electron chi connectivity index (χ0n) is 10.5. The summed E-state index contributed by atoms with van der Waals surface area (Å²) in [6.45, 7) is 4.67. The molecule has 0 saturated heterocycles. The van der Waals surface area contributed by atoms with Crippen molar-refractivity contribution in [2.24, 2.45) is 0 Å². The first-order valence-electron chi connectivity index (χ1n) is 5.75. The van der Waals surface area contributed by atoms with Gasteiger partial charge in [0.15, 0.2) is 11.6 Å². The van der Waals surface area contributed by atoms with E-state index < -0.39 is 0 Å². The molecule has 19 heavy (non-hydrogen) atoms. The van der Waals surface area contributed by atoms with Crippen LogP contribution in [-0.2, 0) is 6.54 Å². The highest BCUT2D eigenvalue weighted by Crippen LogP contribution is 2.36. The molecule has 0 unspecified atom stereocenters. The molecule has 1 heterocycles. The Kier molecular flexibility index (Phi) is 4.66. The van der Waals surface area contributed by atoms with E-state index in [-0.39, 0.29) is 0 Å². The second kappa shape index (κ2) is 6.25. The van der Waals surface area contributed by atoms with Crippen molar-refractivity contribution in [2.75, 3.05) is 11.9 Å². The van der Waals surface area contributed by atoms with E-state index in [1.54, 1.807) is 19.1 Å². The van der Waals surface area contributed by atoms with Gasteiger partial charge in [0.25, 0.3) is 0 Å². The lowest BCUT2D eigenvalue weighted by molar-refractivity contribution is 0.339. The van der Waals surface area contributed by atoms with Gasteiger partial charge in [0.05, 0.1) is 23.3 Å². The summed E-state index contributed by atoms with van der Waals surface area (Å²) in [6, 6.07) is 3.58. The fraction of sp³-hybridized carbons (Fsp3) is 0.333. The molecule has 2 rings (SSSR count). The summed E-state index contributed by atoms with van der Waals surface area (Å²) in [4.78, 5) is 4.12. The second-order valence-corrected chi connectivity index (χ2v) is 5.07. The van der Waals surface area contributed by atoms with Crippen LogP contribution in [-0.4, -0.2) is 16.7 Å². The van der Waals surface area contributed by atoms with Crippen molar-refractivity contribution in [3.8, 4) is 5.75 Å². The maximum atomic E-state index is 6.03. The lowest BCUT2D eigenvalue weighted by Crippen LogP contribution is -2.04. The Labute approximate surface area is 124 Å². The van der Waals surface area contributed by atoms with Crippen LogP contribution >= 0.6 is 27.5 Å². The number of rotatable bonds is 5. The third kappa shape index (κ3) is 3.61. The number of aromatic nitrogens is 2. The largest absolute Gasteiger partial charge is 0.491 e. The number of anilines is 1. The molecule has 0 radical (unpaired) electrons. The fourth-order valence-electron chi connectivity index (χ4n) is 1.57. The van der Waals surface area contributed by atoms with Gasteiger partial charge >= 0.3 is 0 Å². The summed E-state index contributed by atoms with van der Waals surface area (Å²) in [5, 5.41) is 7.62. The van der Waals surface area contributed by atoms with Gasteiger partial charge < -0.3 is 14.6 Å². The minimum atomic E-state index is 0.435. The van der Waals surface area contributed by atoms with Gasteiger partial charge in [0, 0.05) is 11.9 Å². The summed E-state index contributed by atoms with van der Waals surface area (Å²) in [5.41, 5.74) is 0.781. The van der Waals surface area contributed by atoms with E-state index in [2.05, 4.69) is 31.4 Å². The Morgan fingerprint density at radius 1 is 1.47 bits per heavy atom. The van der Waals surface area contributed by atoms with Gasteiger partial charge in [-0.2, -0.15) is 4.98 Å². The molecule has 1 aromatic heterocycles. The molecule has 0 aliphatic carbocycles. The lowest BCUT2D eigenvalue weighted by Gasteiger charge is -2.13. The van der Waals surface area contributed by atoms with Crippen molar-refractivity contribution in [1.29, 1.82) is 0 Å². The highest BCUT2D eigenvalue weighted by Gasteiger charge is 2.11. The van der Waals surface area contributed by atoms with Crippen LogP contribution in [0.1, 0.15) is 18.6 Å². The van der Waals surface area contributed by atoms with Crippen LogP contribution in [0.5, 0.6) is 5.75 Å². The molecule has 102 valence electrons. The molecule has 0 atom stereocenters. The van der Waals surface area contributed by atoms with Crippen molar-refractivity contribution >= 4 is 33.2 Å². The molecular weight excluding hydrogens is 334 g/mol. The zero-order chi connectivity index (χ0) is 13.8. The van der Waals surface area contributed by atoms with Crippen LogP contribution in [0.3, 0.4) is 0 Å². The maximum Gasteiger partial charge on any atom is 0.223 e. The van der Waals surface area contributed by atoms with E-state index in [0.717, 1.165) is 10.2 Å². The van der Waals surface area contributed by atoms with Crippen molar-refractivity contribution in [2.45, 2.75) is 20.4 Å². The van der Waals surface area contributed by atoms with E-state index in [4.69, 9.17) is 20.9 Å². The third-order valence-corrected chi connectivity index (χ3v) is 3.11. The zero-order valence-corrected chi connectivity index (χ0v) is 12.9. The Hall–Kier alpha value is -1.27. The predicted octanol–water partition coefficient (Wildman–Crippen LogP) is 3.80. The number of benzene rings is 1. The van der Waals surface area contributed by atoms with Gasteiger partial charge in [-0.3, -0.25) is 0 Å². The number of ether oxygens (including phenoxy) is 1. The molecule has 0 bridgehead atoms. The molecule has 0 aliphatic rings. The van der Waals surface area contributed by atoms with Crippen LogP contribution in [0, 0.1) is 6.92 Å². The van der Waals surface area contributed by atoms with E-state index in [1.807, 2.05) is 6.92 Å². The van der Waals surface area contributed by atoms with Crippen LogP contribution in [0.4, 0.5) is 5.69 Å². The van der Waals surface area contributed by atoms with Gasteiger partial charge in [-0.15, -0.1) is 0 Å². The maximum absolute atomic E-state index is 6.03. The Morgan fingerprint density at radius 2 is 2.26 bits per heavy atom. The molecule has 5 nitrogen and oxygen atoms in total. The molecule has 0 aliphatic heterocycles.